The summed E-state index contributed by atoms with van der Waals surface area (Å²) in [7, 11) is 1.72. The van der Waals surface area contributed by atoms with Crippen LogP contribution in [0.15, 0.2) is 23.2 Å². The first-order chi connectivity index (χ1) is 11.5. The third-order valence-corrected chi connectivity index (χ3v) is 4.52. The molecule has 0 radical (unpaired) electrons. The van der Waals surface area contributed by atoms with Crippen molar-refractivity contribution in [1.82, 2.24) is 15.5 Å². The van der Waals surface area contributed by atoms with Gasteiger partial charge < -0.3 is 15.5 Å². The predicted molar refractivity (Wildman–Crippen MR) is 110 cm³/mol. The highest BCUT2D eigenvalue weighted by Gasteiger charge is 2.21. The zero-order valence-electron chi connectivity index (χ0n) is 15.2. The molecule has 7 heteroatoms. The molecule has 0 aromatic heterocycles. The molecule has 0 aliphatic carbocycles. The van der Waals surface area contributed by atoms with Gasteiger partial charge in [-0.25, -0.2) is 8.78 Å². The van der Waals surface area contributed by atoms with Crippen LogP contribution in [-0.2, 0) is 6.42 Å². The van der Waals surface area contributed by atoms with Crippen molar-refractivity contribution >= 4 is 29.9 Å². The fourth-order valence-electron chi connectivity index (χ4n) is 3.00. The summed E-state index contributed by atoms with van der Waals surface area (Å²) in [6, 6.07) is 4.53. The van der Waals surface area contributed by atoms with E-state index >= 15 is 0 Å². The Kier molecular flexibility index (Phi) is 9.63. The molecule has 1 aliphatic rings. The van der Waals surface area contributed by atoms with Gasteiger partial charge in [-0.05, 0) is 56.9 Å². The summed E-state index contributed by atoms with van der Waals surface area (Å²) in [5, 5.41) is 6.60. The predicted octanol–water partition coefficient (Wildman–Crippen LogP) is 3.16. The minimum Gasteiger partial charge on any atom is -0.356 e. The number of benzene rings is 1. The highest BCUT2D eigenvalue weighted by atomic mass is 127. The number of piperidine rings is 1. The minimum absolute atomic E-state index is 0. The number of halogens is 3. The van der Waals surface area contributed by atoms with Gasteiger partial charge in [-0.2, -0.15) is 0 Å². The molecule has 1 aliphatic heterocycles. The number of rotatable bonds is 5. The van der Waals surface area contributed by atoms with E-state index in [1.165, 1.54) is 12.1 Å². The van der Waals surface area contributed by atoms with Crippen LogP contribution in [0.2, 0.25) is 0 Å². The first-order valence-corrected chi connectivity index (χ1v) is 8.64. The number of nitrogens with zero attached hydrogens (tertiary/aromatic N) is 2. The number of aliphatic imine (C=N–C) groups is 1. The summed E-state index contributed by atoms with van der Waals surface area (Å²) in [5.41, 5.74) is 0.378. The van der Waals surface area contributed by atoms with E-state index in [0.29, 0.717) is 30.6 Å². The minimum atomic E-state index is -0.411. The Morgan fingerprint density at radius 3 is 2.56 bits per heavy atom. The van der Waals surface area contributed by atoms with Crippen LogP contribution in [0.5, 0.6) is 0 Å². The van der Waals surface area contributed by atoms with Crippen molar-refractivity contribution < 1.29 is 8.78 Å². The lowest BCUT2D eigenvalue weighted by Gasteiger charge is -2.35. The van der Waals surface area contributed by atoms with Crippen molar-refractivity contribution in [2.75, 3.05) is 26.7 Å². The Balaban J connectivity index is 0.00000312. The molecule has 1 aromatic rings. The summed E-state index contributed by atoms with van der Waals surface area (Å²) in [5.74, 6) is -0.0668. The van der Waals surface area contributed by atoms with Crippen LogP contribution in [0.4, 0.5) is 8.78 Å². The molecule has 0 bridgehead atoms. The van der Waals surface area contributed by atoms with E-state index < -0.39 is 5.82 Å². The van der Waals surface area contributed by atoms with Gasteiger partial charge in [0.05, 0.1) is 0 Å². The second-order valence-electron chi connectivity index (χ2n) is 6.53. The average Bonchev–Trinajstić information content (AvgIpc) is 2.57. The van der Waals surface area contributed by atoms with Crippen LogP contribution in [0.3, 0.4) is 0 Å². The lowest BCUT2D eigenvalue weighted by atomic mass is 10.0. The smallest absolute Gasteiger partial charge is 0.191 e. The van der Waals surface area contributed by atoms with Gasteiger partial charge in [-0.15, -0.1) is 24.0 Å². The van der Waals surface area contributed by atoms with Gasteiger partial charge >= 0.3 is 0 Å². The third kappa shape index (κ3) is 7.05. The molecule has 1 heterocycles. The van der Waals surface area contributed by atoms with E-state index in [1.807, 2.05) is 0 Å². The fraction of sp³-hybridized carbons (Fsp3) is 0.611. The van der Waals surface area contributed by atoms with Gasteiger partial charge in [0.1, 0.15) is 11.6 Å². The fourth-order valence-corrected chi connectivity index (χ4v) is 3.00. The first kappa shape index (κ1) is 22.1. The molecule has 1 fully saturated rings. The highest BCUT2D eigenvalue weighted by Crippen LogP contribution is 2.13. The monoisotopic (exact) mass is 466 g/mol. The van der Waals surface area contributed by atoms with Crippen molar-refractivity contribution in [2.45, 2.75) is 45.2 Å². The van der Waals surface area contributed by atoms with Crippen LogP contribution in [0, 0.1) is 11.6 Å². The molecule has 2 N–H and O–H groups in total. The molecular formula is C18H29F2IN4. The quantitative estimate of drug-likeness (QED) is 0.398. The molecule has 25 heavy (non-hydrogen) atoms. The Morgan fingerprint density at radius 1 is 1.28 bits per heavy atom. The van der Waals surface area contributed by atoms with Crippen LogP contribution in [0.1, 0.15) is 32.3 Å². The summed E-state index contributed by atoms with van der Waals surface area (Å²) in [6.07, 6.45) is 2.57. The SMILES string of the molecule is CN=C(NCCc1cc(F)ccc1F)NC1CCN(C(C)C)CC1.I. The normalized spacial score (nSPS) is 16.6. The second-order valence-corrected chi connectivity index (χ2v) is 6.53. The highest BCUT2D eigenvalue weighted by molar-refractivity contribution is 14.0. The van der Waals surface area contributed by atoms with Crippen molar-refractivity contribution in [1.29, 1.82) is 0 Å². The van der Waals surface area contributed by atoms with Crippen molar-refractivity contribution in [3.8, 4) is 0 Å². The summed E-state index contributed by atoms with van der Waals surface area (Å²) < 4.78 is 26.8. The lowest BCUT2D eigenvalue weighted by Crippen LogP contribution is -2.50. The maximum atomic E-state index is 13.6. The first-order valence-electron chi connectivity index (χ1n) is 8.64. The number of guanidine groups is 1. The van der Waals surface area contributed by atoms with Crippen LogP contribution in [-0.4, -0.2) is 49.6 Å². The van der Waals surface area contributed by atoms with E-state index in [0.717, 1.165) is 38.0 Å². The third-order valence-electron chi connectivity index (χ3n) is 4.52. The average molecular weight is 466 g/mol. The molecule has 142 valence electrons. The molecule has 0 saturated carbocycles. The van der Waals surface area contributed by atoms with E-state index in [2.05, 4.69) is 34.4 Å². The molecule has 0 spiro atoms. The van der Waals surface area contributed by atoms with Crippen molar-refractivity contribution in [3.05, 3.63) is 35.4 Å². The molecular weight excluding hydrogens is 437 g/mol. The van der Waals surface area contributed by atoms with Gasteiger partial charge in [0.2, 0.25) is 0 Å². The van der Waals surface area contributed by atoms with Crippen LogP contribution in [0.25, 0.3) is 0 Å². The molecule has 0 atom stereocenters. The van der Waals surface area contributed by atoms with Gasteiger partial charge in [0.25, 0.3) is 0 Å². The van der Waals surface area contributed by atoms with Crippen molar-refractivity contribution in [2.24, 2.45) is 4.99 Å². The van der Waals surface area contributed by atoms with Crippen LogP contribution < -0.4 is 10.6 Å². The van der Waals surface area contributed by atoms with Gasteiger partial charge in [-0.1, -0.05) is 0 Å². The second kappa shape index (κ2) is 10.9. The van der Waals surface area contributed by atoms with E-state index in [9.17, 15) is 8.78 Å². The number of hydrogen-bond donors (Lipinski definition) is 2. The molecule has 0 amide bonds. The Labute approximate surface area is 166 Å². The zero-order valence-corrected chi connectivity index (χ0v) is 17.5. The van der Waals surface area contributed by atoms with Gasteiger partial charge in [0, 0.05) is 38.8 Å². The Bertz CT molecular complexity index is 558. The summed E-state index contributed by atoms with van der Waals surface area (Å²) in [6.45, 7) is 7.12. The Morgan fingerprint density at radius 2 is 1.96 bits per heavy atom. The molecule has 2 rings (SSSR count). The number of hydrogen-bond acceptors (Lipinski definition) is 2. The van der Waals surface area contributed by atoms with E-state index in [-0.39, 0.29) is 29.8 Å². The summed E-state index contributed by atoms with van der Waals surface area (Å²) >= 11 is 0. The van der Waals surface area contributed by atoms with Crippen molar-refractivity contribution in [3.63, 3.8) is 0 Å². The molecule has 1 aromatic carbocycles. The standard InChI is InChI=1S/C18H28F2N4.HI/c1-13(2)24-10-7-16(8-11-24)23-18(21-3)22-9-6-14-12-15(19)4-5-17(14)20;/h4-5,12-13,16H,6-11H2,1-3H3,(H2,21,22,23);1H. The van der Waals surface area contributed by atoms with E-state index in [4.69, 9.17) is 0 Å². The van der Waals surface area contributed by atoms with Gasteiger partial charge in [0.15, 0.2) is 5.96 Å². The zero-order chi connectivity index (χ0) is 17.5. The van der Waals surface area contributed by atoms with Crippen LogP contribution >= 0.6 is 24.0 Å². The maximum absolute atomic E-state index is 13.6. The summed E-state index contributed by atoms with van der Waals surface area (Å²) in [4.78, 5) is 6.69. The van der Waals surface area contributed by atoms with Gasteiger partial charge in [-0.3, -0.25) is 4.99 Å². The Hall–Kier alpha value is -0.960. The number of likely N-dealkylation sites (tertiary alicyclic amines) is 1. The largest absolute Gasteiger partial charge is 0.356 e. The molecule has 4 nitrogen and oxygen atoms in total. The maximum Gasteiger partial charge on any atom is 0.191 e. The molecule has 1 saturated heterocycles. The van der Waals surface area contributed by atoms with E-state index in [1.54, 1.807) is 7.05 Å². The molecule has 0 unspecified atom stereocenters. The topological polar surface area (TPSA) is 39.7 Å². The lowest BCUT2D eigenvalue weighted by molar-refractivity contribution is 0.167. The number of nitrogens with one attached hydrogen (secondary N) is 2.